The zero-order valence-electron chi connectivity index (χ0n) is 9.87. The van der Waals surface area contributed by atoms with Gasteiger partial charge in [-0.25, -0.2) is 4.39 Å². The van der Waals surface area contributed by atoms with E-state index < -0.39 is 0 Å². The number of carbonyl (C=O) groups excluding carboxylic acids is 1. The first-order chi connectivity index (χ1) is 8.16. The van der Waals surface area contributed by atoms with Crippen LogP contribution in [0.1, 0.15) is 12.5 Å². The number of hydrogen-bond donors (Lipinski definition) is 2. The first-order valence-corrected chi connectivity index (χ1v) is 5.89. The lowest BCUT2D eigenvalue weighted by Crippen LogP contribution is -2.33. The summed E-state index contributed by atoms with van der Waals surface area (Å²) in [5.41, 5.74) is 0.789. The van der Waals surface area contributed by atoms with Gasteiger partial charge in [-0.1, -0.05) is 19.1 Å². The molecule has 2 unspecified atom stereocenters. The molecule has 0 saturated carbocycles. The van der Waals surface area contributed by atoms with Gasteiger partial charge in [0.2, 0.25) is 5.91 Å². The van der Waals surface area contributed by atoms with Crippen LogP contribution < -0.4 is 10.6 Å². The van der Waals surface area contributed by atoms with Crippen molar-refractivity contribution in [2.75, 3.05) is 13.1 Å². The molecule has 4 heteroatoms. The van der Waals surface area contributed by atoms with E-state index in [0.29, 0.717) is 12.5 Å². The van der Waals surface area contributed by atoms with Crippen molar-refractivity contribution in [3.05, 3.63) is 35.6 Å². The predicted molar refractivity (Wildman–Crippen MR) is 63.8 cm³/mol. The Morgan fingerprint density at radius 3 is 3.00 bits per heavy atom. The number of benzene rings is 1. The molecule has 1 heterocycles. The van der Waals surface area contributed by atoms with Crippen molar-refractivity contribution in [1.29, 1.82) is 0 Å². The van der Waals surface area contributed by atoms with Gasteiger partial charge in [0, 0.05) is 13.1 Å². The molecule has 2 N–H and O–H groups in total. The molecule has 2 rings (SSSR count). The van der Waals surface area contributed by atoms with Crippen LogP contribution in [-0.4, -0.2) is 19.0 Å². The molecule has 1 fully saturated rings. The van der Waals surface area contributed by atoms with E-state index >= 15 is 0 Å². The Morgan fingerprint density at radius 1 is 1.53 bits per heavy atom. The van der Waals surface area contributed by atoms with E-state index in [1.807, 2.05) is 0 Å². The number of hydrogen-bond acceptors (Lipinski definition) is 2. The summed E-state index contributed by atoms with van der Waals surface area (Å²) in [5, 5.41) is 6.04. The van der Waals surface area contributed by atoms with Crippen LogP contribution in [0.25, 0.3) is 0 Å². The van der Waals surface area contributed by atoms with Crippen LogP contribution in [-0.2, 0) is 11.3 Å². The zero-order valence-corrected chi connectivity index (χ0v) is 9.87. The fraction of sp³-hybridized carbons (Fsp3) is 0.462. The van der Waals surface area contributed by atoms with Gasteiger partial charge in [0.05, 0.1) is 5.92 Å². The summed E-state index contributed by atoms with van der Waals surface area (Å²) in [4.78, 5) is 11.9. The summed E-state index contributed by atoms with van der Waals surface area (Å²) < 4.78 is 12.9. The van der Waals surface area contributed by atoms with Gasteiger partial charge in [-0.05, 0) is 30.2 Å². The molecule has 1 aliphatic heterocycles. The third-order valence-electron chi connectivity index (χ3n) is 3.21. The van der Waals surface area contributed by atoms with Crippen molar-refractivity contribution >= 4 is 5.91 Å². The molecule has 1 aliphatic rings. The molecule has 1 aromatic carbocycles. The molecular weight excluding hydrogens is 219 g/mol. The summed E-state index contributed by atoms with van der Waals surface area (Å²) in [7, 11) is 0. The molecular formula is C13H17FN2O. The second kappa shape index (κ2) is 5.27. The van der Waals surface area contributed by atoms with Crippen molar-refractivity contribution in [2.24, 2.45) is 11.8 Å². The second-order valence-electron chi connectivity index (χ2n) is 4.59. The van der Waals surface area contributed by atoms with Gasteiger partial charge in [0.25, 0.3) is 0 Å². The minimum Gasteiger partial charge on any atom is -0.352 e. The lowest BCUT2D eigenvalue weighted by atomic mass is 9.97. The van der Waals surface area contributed by atoms with Gasteiger partial charge in [-0.3, -0.25) is 4.79 Å². The van der Waals surface area contributed by atoms with Crippen molar-refractivity contribution in [3.8, 4) is 0 Å². The molecule has 1 aromatic rings. The summed E-state index contributed by atoms with van der Waals surface area (Å²) in [5.74, 6) is 0.172. The van der Waals surface area contributed by atoms with Crippen molar-refractivity contribution in [3.63, 3.8) is 0 Å². The van der Waals surface area contributed by atoms with E-state index in [4.69, 9.17) is 0 Å². The fourth-order valence-electron chi connectivity index (χ4n) is 2.13. The van der Waals surface area contributed by atoms with E-state index in [2.05, 4.69) is 17.6 Å². The quantitative estimate of drug-likeness (QED) is 0.830. The van der Waals surface area contributed by atoms with Crippen LogP contribution in [0.5, 0.6) is 0 Å². The second-order valence-corrected chi connectivity index (χ2v) is 4.59. The van der Waals surface area contributed by atoms with Crippen LogP contribution >= 0.6 is 0 Å². The molecule has 0 bridgehead atoms. The highest BCUT2D eigenvalue weighted by atomic mass is 19.1. The number of amides is 1. The van der Waals surface area contributed by atoms with Gasteiger partial charge < -0.3 is 10.6 Å². The highest BCUT2D eigenvalue weighted by Gasteiger charge is 2.29. The summed E-state index contributed by atoms with van der Waals surface area (Å²) in [6, 6.07) is 6.29. The van der Waals surface area contributed by atoms with E-state index in [0.717, 1.165) is 18.7 Å². The zero-order chi connectivity index (χ0) is 12.3. The maximum atomic E-state index is 12.9. The predicted octanol–water partition coefficient (Wildman–Crippen LogP) is 1.30. The van der Waals surface area contributed by atoms with E-state index in [1.54, 1.807) is 12.1 Å². The molecule has 2 atom stereocenters. The lowest BCUT2D eigenvalue weighted by molar-refractivity contribution is -0.125. The van der Waals surface area contributed by atoms with E-state index in [1.165, 1.54) is 12.1 Å². The normalized spacial score (nSPS) is 23.6. The maximum Gasteiger partial charge on any atom is 0.224 e. The summed E-state index contributed by atoms with van der Waals surface area (Å²) in [6.07, 6.45) is 0. The molecule has 3 nitrogen and oxygen atoms in total. The number of rotatable bonds is 3. The molecule has 0 radical (unpaired) electrons. The number of nitrogens with one attached hydrogen (secondary N) is 2. The molecule has 92 valence electrons. The number of halogens is 1. The van der Waals surface area contributed by atoms with Crippen LogP contribution in [0.4, 0.5) is 4.39 Å². The molecule has 17 heavy (non-hydrogen) atoms. The standard InChI is InChI=1S/C13H17FN2O/c1-9-6-15-8-12(9)13(17)16-7-10-3-2-4-11(14)5-10/h2-5,9,12,15H,6-8H2,1H3,(H,16,17). The van der Waals surface area contributed by atoms with Gasteiger partial charge >= 0.3 is 0 Å². The Hall–Kier alpha value is -1.42. The van der Waals surface area contributed by atoms with Gasteiger partial charge in [-0.2, -0.15) is 0 Å². The minimum atomic E-state index is -0.271. The van der Waals surface area contributed by atoms with E-state index in [-0.39, 0.29) is 17.6 Å². The maximum absolute atomic E-state index is 12.9. The largest absolute Gasteiger partial charge is 0.352 e. The summed E-state index contributed by atoms with van der Waals surface area (Å²) >= 11 is 0. The Balaban J connectivity index is 1.88. The van der Waals surface area contributed by atoms with Crippen LogP contribution in [0.2, 0.25) is 0 Å². The molecule has 1 amide bonds. The Bertz CT molecular complexity index is 408. The minimum absolute atomic E-state index is 0.0311. The highest BCUT2D eigenvalue weighted by Crippen LogP contribution is 2.15. The molecule has 0 aromatic heterocycles. The number of carbonyl (C=O) groups is 1. The Labute approximate surface area is 100 Å². The smallest absolute Gasteiger partial charge is 0.224 e. The average Bonchev–Trinajstić information content (AvgIpc) is 2.72. The first kappa shape index (κ1) is 12.0. The fourth-order valence-corrected chi connectivity index (χ4v) is 2.13. The highest BCUT2D eigenvalue weighted by molar-refractivity contribution is 5.79. The molecule has 0 spiro atoms. The van der Waals surface area contributed by atoms with Crippen molar-refractivity contribution in [1.82, 2.24) is 10.6 Å². The summed E-state index contributed by atoms with van der Waals surface area (Å²) in [6.45, 7) is 4.07. The lowest BCUT2D eigenvalue weighted by Gasteiger charge is -2.14. The van der Waals surface area contributed by atoms with Gasteiger partial charge in [0.15, 0.2) is 0 Å². The molecule has 1 saturated heterocycles. The van der Waals surface area contributed by atoms with Crippen molar-refractivity contribution in [2.45, 2.75) is 13.5 Å². The third kappa shape index (κ3) is 3.03. The average molecular weight is 236 g/mol. The Kier molecular flexibility index (Phi) is 3.74. The van der Waals surface area contributed by atoms with Crippen LogP contribution in [0, 0.1) is 17.7 Å². The monoisotopic (exact) mass is 236 g/mol. The third-order valence-corrected chi connectivity index (χ3v) is 3.21. The molecule has 0 aliphatic carbocycles. The topological polar surface area (TPSA) is 41.1 Å². The SMILES string of the molecule is CC1CNCC1C(=O)NCc1cccc(F)c1. The first-order valence-electron chi connectivity index (χ1n) is 5.89. The van der Waals surface area contributed by atoms with Crippen LogP contribution in [0.15, 0.2) is 24.3 Å². The van der Waals surface area contributed by atoms with Gasteiger partial charge in [-0.15, -0.1) is 0 Å². The van der Waals surface area contributed by atoms with Gasteiger partial charge in [0.1, 0.15) is 5.82 Å². The van der Waals surface area contributed by atoms with E-state index in [9.17, 15) is 9.18 Å². The van der Waals surface area contributed by atoms with Crippen molar-refractivity contribution < 1.29 is 9.18 Å². The van der Waals surface area contributed by atoms with Crippen LogP contribution in [0.3, 0.4) is 0 Å². The Morgan fingerprint density at radius 2 is 2.35 bits per heavy atom.